The summed E-state index contributed by atoms with van der Waals surface area (Å²) in [5, 5.41) is 0. The van der Waals surface area contributed by atoms with Crippen LogP contribution >= 0.6 is 0 Å². The van der Waals surface area contributed by atoms with E-state index in [0.29, 0.717) is 22.9 Å². The number of amides is 1. The summed E-state index contributed by atoms with van der Waals surface area (Å²) in [6.45, 7) is 7.17. The molecule has 1 saturated heterocycles. The summed E-state index contributed by atoms with van der Waals surface area (Å²) < 4.78 is 15.8. The smallest absolute Gasteiger partial charge is 0.411 e. The van der Waals surface area contributed by atoms with Gasteiger partial charge in [0.1, 0.15) is 17.4 Å². The quantitative estimate of drug-likeness (QED) is 0.155. The largest absolute Gasteiger partial charge is 0.497 e. The van der Waals surface area contributed by atoms with Crippen molar-refractivity contribution in [1.82, 2.24) is 14.8 Å². The number of nitrogens with zero attached hydrogens (tertiary/aromatic N) is 5. The highest BCUT2D eigenvalue weighted by Gasteiger charge is 2.40. The van der Waals surface area contributed by atoms with Crippen molar-refractivity contribution in [2.75, 3.05) is 47.1 Å². The van der Waals surface area contributed by atoms with Crippen LogP contribution in [0.5, 0.6) is 5.75 Å². The van der Waals surface area contributed by atoms with Gasteiger partial charge in [-0.1, -0.05) is 30.3 Å². The Bertz CT molecular complexity index is 1610. The number of aliphatic imine (C=N–C) groups is 2. The van der Waals surface area contributed by atoms with Crippen LogP contribution in [0.3, 0.4) is 0 Å². The number of methoxy groups -OCH3 is 2. The second-order valence-corrected chi connectivity index (χ2v) is 12.5. The number of likely N-dealkylation sites (tertiary alicyclic amines) is 1. The van der Waals surface area contributed by atoms with Crippen molar-refractivity contribution in [3.63, 3.8) is 0 Å². The van der Waals surface area contributed by atoms with Gasteiger partial charge >= 0.3 is 12.1 Å². The first-order valence-electron chi connectivity index (χ1n) is 15.7. The average Bonchev–Trinajstić information content (AvgIpc) is 3.46. The van der Waals surface area contributed by atoms with Gasteiger partial charge in [0, 0.05) is 48.3 Å². The second kappa shape index (κ2) is 15.7. The molecule has 2 N–H and O–H groups in total. The maximum absolute atomic E-state index is 12.9. The summed E-state index contributed by atoms with van der Waals surface area (Å²) in [4.78, 5) is 43.3. The SMILES string of the molecule is CN=C(CCCN(C)Cc1ccc(OC)cc1)c1c(N)cccc1-c1cccc(/N=C2\CC(C(=O)OC)N(C(=O)OC(C)(C)C)C2)n1. The Labute approximate surface area is 277 Å². The number of rotatable bonds is 11. The third-order valence-corrected chi connectivity index (χ3v) is 7.76. The summed E-state index contributed by atoms with van der Waals surface area (Å²) in [5.74, 6) is 0.778. The van der Waals surface area contributed by atoms with Gasteiger partial charge in [-0.3, -0.25) is 9.89 Å². The van der Waals surface area contributed by atoms with Crippen molar-refractivity contribution in [3.8, 4) is 17.0 Å². The number of carbonyl (C=O) groups excluding carboxylic acids is 2. The molecule has 0 radical (unpaired) electrons. The molecule has 11 heteroatoms. The Hall–Kier alpha value is -4.77. The zero-order valence-electron chi connectivity index (χ0n) is 28.4. The molecule has 1 aromatic heterocycles. The van der Waals surface area contributed by atoms with Crippen LogP contribution in [0.25, 0.3) is 11.3 Å². The minimum Gasteiger partial charge on any atom is -0.497 e. The van der Waals surface area contributed by atoms with Gasteiger partial charge in [0.2, 0.25) is 0 Å². The third kappa shape index (κ3) is 9.38. The molecule has 1 aliphatic heterocycles. The number of esters is 1. The Morgan fingerprint density at radius 3 is 2.45 bits per heavy atom. The molecule has 2 aromatic carbocycles. The lowest BCUT2D eigenvalue weighted by Crippen LogP contribution is -2.43. The van der Waals surface area contributed by atoms with Gasteiger partial charge in [-0.05, 0) is 83.1 Å². The van der Waals surface area contributed by atoms with Crippen LogP contribution in [0.4, 0.5) is 16.3 Å². The van der Waals surface area contributed by atoms with E-state index in [1.54, 1.807) is 41.0 Å². The molecular formula is C36H46N6O5. The second-order valence-electron chi connectivity index (χ2n) is 12.5. The van der Waals surface area contributed by atoms with Crippen molar-refractivity contribution in [2.24, 2.45) is 9.98 Å². The molecule has 1 unspecified atom stereocenters. The third-order valence-electron chi connectivity index (χ3n) is 7.76. The summed E-state index contributed by atoms with van der Waals surface area (Å²) in [6.07, 6.45) is 1.26. The van der Waals surface area contributed by atoms with E-state index in [-0.39, 0.29) is 13.0 Å². The van der Waals surface area contributed by atoms with Crippen molar-refractivity contribution >= 4 is 35.0 Å². The average molecular weight is 643 g/mol. The van der Waals surface area contributed by atoms with Crippen molar-refractivity contribution in [3.05, 3.63) is 71.8 Å². The number of anilines is 1. The highest BCUT2D eigenvalue weighted by Crippen LogP contribution is 2.31. The van der Waals surface area contributed by atoms with Crippen molar-refractivity contribution < 1.29 is 23.8 Å². The molecule has 0 saturated carbocycles. The highest BCUT2D eigenvalue weighted by atomic mass is 16.6. The van der Waals surface area contributed by atoms with Gasteiger partial charge in [-0.2, -0.15) is 0 Å². The fraction of sp³-hybridized carbons (Fsp3) is 0.417. The lowest BCUT2D eigenvalue weighted by atomic mass is 9.95. The van der Waals surface area contributed by atoms with Crippen molar-refractivity contribution in [1.29, 1.82) is 0 Å². The molecule has 250 valence electrons. The summed E-state index contributed by atoms with van der Waals surface area (Å²) in [6, 6.07) is 18.6. The summed E-state index contributed by atoms with van der Waals surface area (Å²) in [7, 11) is 6.86. The summed E-state index contributed by atoms with van der Waals surface area (Å²) >= 11 is 0. The molecule has 47 heavy (non-hydrogen) atoms. The molecule has 1 fully saturated rings. The Balaban J connectivity index is 1.51. The van der Waals surface area contributed by atoms with Gasteiger partial charge < -0.3 is 24.8 Å². The van der Waals surface area contributed by atoms with Gasteiger partial charge in [0.25, 0.3) is 0 Å². The van der Waals surface area contributed by atoms with E-state index in [4.69, 9.17) is 29.9 Å². The molecule has 1 amide bonds. The predicted octanol–water partition coefficient (Wildman–Crippen LogP) is 5.93. The maximum atomic E-state index is 12.9. The first kappa shape index (κ1) is 35.1. The van der Waals surface area contributed by atoms with E-state index >= 15 is 0 Å². The van der Waals surface area contributed by atoms with E-state index in [2.05, 4.69) is 29.1 Å². The van der Waals surface area contributed by atoms with Gasteiger partial charge in [-0.25, -0.2) is 19.6 Å². The van der Waals surface area contributed by atoms with Crippen molar-refractivity contribution in [2.45, 2.75) is 58.2 Å². The van der Waals surface area contributed by atoms with E-state index in [9.17, 15) is 9.59 Å². The Morgan fingerprint density at radius 1 is 1.06 bits per heavy atom. The van der Waals surface area contributed by atoms with Crippen LogP contribution in [0.2, 0.25) is 0 Å². The standard InChI is InChI=1S/C36H46N6O5/c1-36(2,3)47-35(44)42-23-25(21-31(42)34(43)46-7)39-32-15-9-13-29(40-32)27-11-8-12-28(37)33(27)30(38-4)14-10-20-41(5)22-24-16-18-26(45-6)19-17-24/h8-9,11-13,15-19,31H,10,14,20-23,37H2,1-7H3/b38-30?,39-25+. The molecule has 2 heterocycles. The normalized spacial score (nSPS) is 16.1. The number of nitrogen functional groups attached to an aromatic ring is 1. The number of ether oxygens (including phenoxy) is 3. The summed E-state index contributed by atoms with van der Waals surface area (Å²) in [5.41, 5.74) is 11.6. The minimum atomic E-state index is -0.823. The number of hydrogen-bond donors (Lipinski definition) is 1. The Kier molecular flexibility index (Phi) is 11.7. The lowest BCUT2D eigenvalue weighted by molar-refractivity contribution is -0.145. The van der Waals surface area contributed by atoms with Crippen LogP contribution in [-0.4, -0.2) is 91.3 Å². The zero-order valence-corrected chi connectivity index (χ0v) is 28.4. The van der Waals surface area contributed by atoms with Crippen LogP contribution in [0, 0.1) is 0 Å². The molecule has 3 aromatic rings. The number of benzene rings is 2. The molecule has 1 aliphatic rings. The Morgan fingerprint density at radius 2 is 1.79 bits per heavy atom. The van der Waals surface area contributed by atoms with E-state index in [0.717, 1.165) is 48.5 Å². The van der Waals surface area contributed by atoms with Crippen LogP contribution < -0.4 is 10.5 Å². The molecule has 1 atom stereocenters. The maximum Gasteiger partial charge on any atom is 0.411 e. The van der Waals surface area contributed by atoms with E-state index in [1.165, 1.54) is 17.6 Å². The molecular weight excluding hydrogens is 596 g/mol. The molecule has 4 rings (SSSR count). The van der Waals surface area contributed by atoms with Crippen LogP contribution in [0.15, 0.2) is 70.6 Å². The number of carbonyl (C=O) groups is 2. The van der Waals surface area contributed by atoms with E-state index in [1.807, 2.05) is 42.5 Å². The fourth-order valence-electron chi connectivity index (χ4n) is 5.53. The minimum absolute atomic E-state index is 0.129. The number of aromatic nitrogens is 1. The topological polar surface area (TPSA) is 132 Å². The molecule has 0 aliphatic carbocycles. The van der Waals surface area contributed by atoms with E-state index < -0.39 is 23.7 Å². The highest BCUT2D eigenvalue weighted by molar-refractivity contribution is 6.09. The monoisotopic (exact) mass is 642 g/mol. The predicted molar refractivity (Wildman–Crippen MR) is 186 cm³/mol. The van der Waals surface area contributed by atoms with Crippen LogP contribution in [0.1, 0.15) is 51.2 Å². The lowest BCUT2D eigenvalue weighted by Gasteiger charge is -2.26. The fourth-order valence-corrected chi connectivity index (χ4v) is 5.53. The number of nitrogens with two attached hydrogens (primary N) is 1. The number of pyridine rings is 1. The molecule has 0 spiro atoms. The number of hydrogen-bond acceptors (Lipinski definition) is 10. The van der Waals surface area contributed by atoms with Gasteiger partial charge in [-0.15, -0.1) is 0 Å². The zero-order chi connectivity index (χ0) is 34.1. The first-order valence-corrected chi connectivity index (χ1v) is 15.7. The molecule has 0 bridgehead atoms. The first-order chi connectivity index (χ1) is 22.4. The van der Waals surface area contributed by atoms with Crippen LogP contribution in [-0.2, 0) is 20.8 Å². The van der Waals surface area contributed by atoms with Gasteiger partial charge in [0.05, 0.1) is 26.5 Å². The van der Waals surface area contributed by atoms with Gasteiger partial charge in [0.15, 0.2) is 5.82 Å². The molecule has 11 nitrogen and oxygen atoms in total.